The predicted molar refractivity (Wildman–Crippen MR) is 167 cm³/mol. The van der Waals surface area contributed by atoms with Crippen LogP contribution >= 0.6 is 0 Å². The van der Waals surface area contributed by atoms with Crippen molar-refractivity contribution in [3.05, 3.63) is 83.4 Å². The first-order chi connectivity index (χ1) is 20.1. The molecule has 10 nitrogen and oxygen atoms in total. The van der Waals surface area contributed by atoms with E-state index in [1.165, 1.54) is 5.06 Å². The van der Waals surface area contributed by atoms with Crippen molar-refractivity contribution in [2.24, 2.45) is 10.7 Å². The molecule has 3 aromatic rings. The Kier molecular flexibility index (Phi) is 10.1. The van der Waals surface area contributed by atoms with Crippen LogP contribution in [0, 0.1) is 0 Å². The highest BCUT2D eigenvalue weighted by molar-refractivity contribution is 7.89. The number of nitrogens with two attached hydrogens (primary N) is 2. The third-order valence-corrected chi connectivity index (χ3v) is 8.08. The van der Waals surface area contributed by atoms with Crippen LogP contribution in [0.15, 0.2) is 82.2 Å². The van der Waals surface area contributed by atoms with E-state index in [-0.39, 0.29) is 23.8 Å². The first-order valence-corrected chi connectivity index (χ1v) is 15.3. The molecular formula is C31H38N6O4S. The molecule has 5 N–H and O–H groups in total. The predicted octanol–water partition coefficient (Wildman–Crippen LogP) is 3.92. The SMILES string of the molecule is CCCN(OCc1ccc(N)cc1)C(=O)C1=Cc2ccc(-c3cccc(S(=O)(=O)NCCN(C)C)c3)cc2N=C(N)C1. The molecule has 4 rings (SSSR count). The van der Waals surface area contributed by atoms with E-state index in [4.69, 9.17) is 16.3 Å². The van der Waals surface area contributed by atoms with Gasteiger partial charge in [0.2, 0.25) is 10.0 Å². The van der Waals surface area contributed by atoms with Crippen LogP contribution in [-0.2, 0) is 26.3 Å². The number of anilines is 1. The Hall–Kier alpha value is -4.03. The minimum atomic E-state index is -3.67. The third kappa shape index (κ3) is 8.04. The number of carbonyl (C=O) groups is 1. The van der Waals surface area contributed by atoms with Gasteiger partial charge in [-0.05, 0) is 73.6 Å². The zero-order valence-corrected chi connectivity index (χ0v) is 25.0. The van der Waals surface area contributed by atoms with Gasteiger partial charge >= 0.3 is 0 Å². The zero-order valence-electron chi connectivity index (χ0n) is 24.2. The third-order valence-electron chi connectivity index (χ3n) is 6.62. The molecule has 42 heavy (non-hydrogen) atoms. The number of nitrogens with one attached hydrogen (secondary N) is 1. The summed E-state index contributed by atoms with van der Waals surface area (Å²) < 4.78 is 28.3. The number of nitrogens with zero attached hydrogens (tertiary/aromatic N) is 3. The molecule has 0 saturated heterocycles. The lowest BCUT2D eigenvalue weighted by atomic mass is 10.0. The zero-order chi connectivity index (χ0) is 30.3. The van der Waals surface area contributed by atoms with Crippen LogP contribution in [0.25, 0.3) is 17.2 Å². The number of hydrogen-bond acceptors (Lipinski definition) is 8. The number of carbonyl (C=O) groups excluding carboxylic acids is 1. The van der Waals surface area contributed by atoms with Gasteiger partial charge in [0.05, 0.1) is 10.6 Å². The number of likely N-dealkylation sites (N-methyl/N-ethyl adjacent to an activating group) is 1. The molecule has 0 bridgehead atoms. The number of sulfonamides is 1. The molecule has 0 aliphatic carbocycles. The smallest absolute Gasteiger partial charge is 0.273 e. The molecule has 0 fully saturated rings. The lowest BCUT2D eigenvalue weighted by Crippen LogP contribution is -2.34. The molecule has 1 heterocycles. The lowest BCUT2D eigenvalue weighted by Gasteiger charge is -2.22. The average molecular weight is 591 g/mol. The molecule has 0 aromatic heterocycles. The molecule has 0 radical (unpaired) electrons. The van der Waals surface area contributed by atoms with E-state index in [0.717, 1.165) is 22.3 Å². The molecule has 222 valence electrons. The fraction of sp³-hybridized carbons (Fsp3) is 0.290. The van der Waals surface area contributed by atoms with E-state index < -0.39 is 10.0 Å². The van der Waals surface area contributed by atoms with E-state index in [2.05, 4.69) is 9.71 Å². The summed E-state index contributed by atoms with van der Waals surface area (Å²) in [5.41, 5.74) is 16.9. The molecule has 0 unspecified atom stereocenters. The minimum absolute atomic E-state index is 0.167. The van der Waals surface area contributed by atoms with E-state index in [9.17, 15) is 13.2 Å². The Bertz CT molecular complexity index is 1580. The average Bonchev–Trinajstić information content (AvgIpc) is 3.13. The molecule has 3 aromatic carbocycles. The maximum atomic E-state index is 13.5. The maximum Gasteiger partial charge on any atom is 0.273 e. The molecule has 1 amide bonds. The highest BCUT2D eigenvalue weighted by Gasteiger charge is 2.23. The summed E-state index contributed by atoms with van der Waals surface area (Å²) in [7, 11) is 0.101. The number of hydrogen-bond donors (Lipinski definition) is 3. The first-order valence-electron chi connectivity index (χ1n) is 13.8. The summed E-state index contributed by atoms with van der Waals surface area (Å²) in [6.45, 7) is 3.51. The van der Waals surface area contributed by atoms with Gasteiger partial charge in [0.1, 0.15) is 12.4 Å². The monoisotopic (exact) mass is 590 g/mol. The maximum absolute atomic E-state index is 13.5. The Balaban J connectivity index is 1.56. The van der Waals surface area contributed by atoms with E-state index >= 15 is 0 Å². The van der Waals surface area contributed by atoms with E-state index in [1.54, 1.807) is 36.4 Å². The quantitative estimate of drug-likeness (QED) is 0.214. The van der Waals surface area contributed by atoms with Gasteiger partial charge in [-0.1, -0.05) is 43.3 Å². The fourth-order valence-electron chi connectivity index (χ4n) is 4.39. The number of aliphatic imine (C=N–C) groups is 1. The van der Waals surface area contributed by atoms with Gasteiger partial charge in [0, 0.05) is 42.9 Å². The van der Waals surface area contributed by atoms with Gasteiger partial charge in [-0.3, -0.25) is 9.63 Å². The molecule has 11 heteroatoms. The molecule has 0 spiro atoms. The Labute approximate surface area is 247 Å². The largest absolute Gasteiger partial charge is 0.399 e. The number of nitrogen functional groups attached to an aromatic ring is 1. The highest BCUT2D eigenvalue weighted by Crippen LogP contribution is 2.33. The van der Waals surface area contributed by atoms with Crippen molar-refractivity contribution in [1.29, 1.82) is 0 Å². The number of amides is 1. The highest BCUT2D eigenvalue weighted by atomic mass is 32.2. The summed E-state index contributed by atoms with van der Waals surface area (Å²) in [5.74, 6) is 0.0175. The van der Waals surface area contributed by atoms with Crippen molar-refractivity contribution in [2.45, 2.75) is 31.3 Å². The molecule has 1 aliphatic heterocycles. The summed E-state index contributed by atoms with van der Waals surface area (Å²) in [5, 5.41) is 1.37. The molecular weight excluding hydrogens is 552 g/mol. The second-order valence-electron chi connectivity index (χ2n) is 10.4. The minimum Gasteiger partial charge on any atom is -0.399 e. The van der Waals surface area contributed by atoms with Crippen molar-refractivity contribution in [1.82, 2.24) is 14.7 Å². The Morgan fingerprint density at radius 2 is 1.74 bits per heavy atom. The van der Waals surface area contributed by atoms with Crippen LogP contribution < -0.4 is 16.2 Å². The van der Waals surface area contributed by atoms with Crippen molar-refractivity contribution in [3.8, 4) is 11.1 Å². The first kappa shape index (κ1) is 30.9. The number of fused-ring (bicyclic) bond motifs is 1. The van der Waals surface area contributed by atoms with Crippen LogP contribution in [0.4, 0.5) is 11.4 Å². The van der Waals surface area contributed by atoms with Gasteiger partial charge < -0.3 is 16.4 Å². The van der Waals surface area contributed by atoms with Crippen molar-refractivity contribution < 1.29 is 18.0 Å². The van der Waals surface area contributed by atoms with Crippen LogP contribution in [0.2, 0.25) is 0 Å². The number of hydroxylamine groups is 2. The van der Waals surface area contributed by atoms with Gasteiger partial charge in [-0.25, -0.2) is 23.2 Å². The van der Waals surface area contributed by atoms with E-state index in [0.29, 0.717) is 48.8 Å². The van der Waals surface area contributed by atoms with Gasteiger partial charge in [-0.15, -0.1) is 0 Å². The van der Waals surface area contributed by atoms with Crippen LogP contribution in [0.3, 0.4) is 0 Å². The molecule has 0 saturated carbocycles. The van der Waals surface area contributed by atoms with Gasteiger partial charge in [0.25, 0.3) is 5.91 Å². The second-order valence-corrected chi connectivity index (χ2v) is 12.1. The van der Waals surface area contributed by atoms with Crippen molar-refractivity contribution in [3.63, 3.8) is 0 Å². The normalized spacial score (nSPS) is 13.2. The summed E-state index contributed by atoms with van der Waals surface area (Å²) in [4.78, 5) is 26.1. The van der Waals surface area contributed by atoms with Gasteiger partial charge in [-0.2, -0.15) is 0 Å². The number of rotatable bonds is 12. The van der Waals surface area contributed by atoms with Crippen LogP contribution in [-0.4, -0.2) is 63.9 Å². The van der Waals surface area contributed by atoms with Crippen molar-refractivity contribution in [2.75, 3.05) is 39.5 Å². The molecule has 0 atom stereocenters. The Morgan fingerprint density at radius 3 is 2.45 bits per heavy atom. The molecule has 1 aliphatic rings. The Morgan fingerprint density at radius 1 is 1.00 bits per heavy atom. The summed E-state index contributed by atoms with van der Waals surface area (Å²) in [6, 6.07) is 19.6. The summed E-state index contributed by atoms with van der Waals surface area (Å²) in [6.07, 6.45) is 2.67. The second kappa shape index (κ2) is 13.8. The standard InChI is InChI=1S/C31H38N6O4S/c1-4-15-37(41-21-22-8-12-27(32)13-9-22)31(38)26-17-25-11-10-24(19-29(25)35-30(33)20-26)23-6-5-7-28(18-23)42(39,40)34-14-16-36(2)3/h5-13,17-19,34H,4,14-16,20-21,32H2,1-3H3,(H2,33,35). The van der Waals surface area contributed by atoms with E-state index in [1.807, 2.05) is 62.3 Å². The van der Waals surface area contributed by atoms with Crippen LogP contribution in [0.1, 0.15) is 30.9 Å². The van der Waals surface area contributed by atoms with Crippen LogP contribution in [0.5, 0.6) is 0 Å². The van der Waals surface area contributed by atoms with Crippen molar-refractivity contribution >= 4 is 39.2 Å². The van der Waals surface area contributed by atoms with Gasteiger partial charge in [0.15, 0.2) is 0 Å². The fourth-order valence-corrected chi connectivity index (χ4v) is 5.46. The topological polar surface area (TPSA) is 143 Å². The summed E-state index contributed by atoms with van der Waals surface area (Å²) >= 11 is 0. The number of amidine groups is 1. The lowest BCUT2D eigenvalue weighted by molar-refractivity contribution is -0.187. The number of benzene rings is 3.